The third kappa shape index (κ3) is 16.2. The number of carboxylic acid groups (broad SMARTS) is 1. The van der Waals surface area contributed by atoms with Crippen LogP contribution < -0.4 is 27.0 Å². The molecule has 0 aromatic rings. The fraction of sp³-hybridized carbons (Fsp3) is 0.786. The van der Waals surface area contributed by atoms with E-state index in [0.29, 0.717) is 10.9 Å². The van der Waals surface area contributed by atoms with Gasteiger partial charge in [0.1, 0.15) is 30.7 Å². The van der Waals surface area contributed by atoms with Crippen molar-refractivity contribution in [1.82, 2.24) is 21.3 Å². The predicted molar refractivity (Wildman–Crippen MR) is 158 cm³/mol. The van der Waals surface area contributed by atoms with Crippen LogP contribution in [0.2, 0.25) is 0 Å². The summed E-state index contributed by atoms with van der Waals surface area (Å²) in [7, 11) is 5.46. The topological polar surface area (TPSA) is 226 Å². The molecule has 0 spiro atoms. The number of likely N-dealkylation sites (N-methyl/N-ethyl adjacent to an activating group) is 1. The zero-order valence-electron chi connectivity index (χ0n) is 26.9. The lowest BCUT2D eigenvalue weighted by Gasteiger charge is -2.29. The number of quaternary nitrogens is 1. The Morgan fingerprint density at radius 2 is 1.47 bits per heavy atom. The number of carboxylic acids is 1. The maximum absolute atomic E-state index is 13.2. The van der Waals surface area contributed by atoms with Gasteiger partial charge in [0.05, 0.1) is 40.2 Å². The second kappa shape index (κ2) is 18.4. The molecule has 0 saturated carbocycles. The summed E-state index contributed by atoms with van der Waals surface area (Å²) in [6, 6.07) is -4.42. The second-order valence-electron chi connectivity index (χ2n) is 12.5. The molecule has 0 heterocycles. The van der Waals surface area contributed by atoms with E-state index in [-0.39, 0.29) is 24.8 Å². The number of hydrogen-bond acceptors (Lipinski definition) is 9. The number of aliphatic hydroxyl groups is 1. The molecular weight excluding hydrogens is 564 g/mol. The molecule has 0 aliphatic rings. The standard InChI is InChI=1S/C28H52N6O9/c1-10-16(4)24(33-25(39)20(11-15(2)3)32-26(40)23(29)18(6)35)27(41)30-13-21(36)31-17(5)28(42)43-19(12-22(37)38)14-34(7,8)9/h15-20,23-24,35H,10-14,29H2,1-9H3,(H4-,30,31,32,33,36,37,38,39,40,41)/p+1/t16-,17-,18+,19?,20-,23-,24-/m0/s1. The van der Waals surface area contributed by atoms with E-state index in [1.54, 1.807) is 6.92 Å². The van der Waals surface area contributed by atoms with Crippen LogP contribution in [0.4, 0.5) is 0 Å². The number of nitrogens with zero attached hydrogens (tertiary/aromatic N) is 1. The van der Waals surface area contributed by atoms with E-state index < -0.39 is 84.9 Å². The van der Waals surface area contributed by atoms with Crippen molar-refractivity contribution in [3.8, 4) is 0 Å². The van der Waals surface area contributed by atoms with Gasteiger partial charge in [-0.25, -0.2) is 4.79 Å². The van der Waals surface area contributed by atoms with Crippen LogP contribution in [-0.4, -0.2) is 121 Å². The molecule has 1 unspecified atom stereocenters. The molecule has 8 N–H and O–H groups in total. The van der Waals surface area contributed by atoms with Crippen molar-refractivity contribution in [3.63, 3.8) is 0 Å². The molecule has 248 valence electrons. The van der Waals surface area contributed by atoms with E-state index >= 15 is 0 Å². The third-order valence-corrected chi connectivity index (χ3v) is 6.55. The van der Waals surface area contributed by atoms with Gasteiger partial charge in [-0.05, 0) is 32.1 Å². The number of aliphatic carboxylic acids is 1. The lowest BCUT2D eigenvalue weighted by atomic mass is 9.96. The Hall–Kier alpha value is -3.30. The van der Waals surface area contributed by atoms with E-state index in [2.05, 4.69) is 21.3 Å². The van der Waals surface area contributed by atoms with Crippen molar-refractivity contribution in [3.05, 3.63) is 0 Å². The van der Waals surface area contributed by atoms with Gasteiger partial charge in [-0.15, -0.1) is 0 Å². The first-order valence-electron chi connectivity index (χ1n) is 14.5. The summed E-state index contributed by atoms with van der Waals surface area (Å²) in [5.74, 6) is -4.98. The van der Waals surface area contributed by atoms with E-state index in [9.17, 15) is 33.9 Å². The maximum Gasteiger partial charge on any atom is 0.328 e. The Morgan fingerprint density at radius 1 is 0.884 bits per heavy atom. The summed E-state index contributed by atoms with van der Waals surface area (Å²) >= 11 is 0. The molecule has 0 radical (unpaired) electrons. The zero-order chi connectivity index (χ0) is 33.7. The van der Waals surface area contributed by atoms with Gasteiger partial charge in [-0.2, -0.15) is 0 Å². The summed E-state index contributed by atoms with van der Waals surface area (Å²) in [4.78, 5) is 74.8. The number of nitrogens with one attached hydrogen (secondary N) is 4. The number of ether oxygens (including phenoxy) is 1. The smallest absolute Gasteiger partial charge is 0.328 e. The molecule has 0 aromatic heterocycles. The molecular formula is C28H53N6O9+. The van der Waals surface area contributed by atoms with Crippen LogP contribution >= 0.6 is 0 Å². The minimum absolute atomic E-state index is 0.000917. The number of esters is 1. The molecule has 0 bridgehead atoms. The quantitative estimate of drug-likeness (QED) is 0.0653. The SMILES string of the molecule is CC[C@H](C)[C@H](NC(=O)[C@H](CC(C)C)NC(=O)[C@@H](N)[C@@H](C)O)C(=O)NCC(=O)N[C@@H](C)C(=O)OC(CC(=O)O)C[N+](C)(C)C. The van der Waals surface area contributed by atoms with Crippen molar-refractivity contribution in [1.29, 1.82) is 0 Å². The number of rotatable bonds is 19. The van der Waals surface area contributed by atoms with Crippen LogP contribution in [0.25, 0.3) is 0 Å². The molecule has 0 aliphatic carbocycles. The van der Waals surface area contributed by atoms with Crippen LogP contribution in [0.15, 0.2) is 0 Å². The Balaban J connectivity index is 5.34. The van der Waals surface area contributed by atoms with Crippen LogP contribution in [-0.2, 0) is 33.5 Å². The summed E-state index contributed by atoms with van der Waals surface area (Å²) in [5, 5.41) is 28.8. The van der Waals surface area contributed by atoms with Gasteiger partial charge in [0.25, 0.3) is 0 Å². The highest BCUT2D eigenvalue weighted by molar-refractivity contribution is 5.94. The predicted octanol–water partition coefficient (Wildman–Crippen LogP) is -1.53. The van der Waals surface area contributed by atoms with Gasteiger partial charge in [0.15, 0.2) is 6.10 Å². The highest BCUT2D eigenvalue weighted by Crippen LogP contribution is 2.11. The summed E-state index contributed by atoms with van der Waals surface area (Å²) in [6.07, 6.45) is -1.68. The number of carbonyl (C=O) groups is 6. The Kier molecular flexibility index (Phi) is 17.0. The van der Waals surface area contributed by atoms with Crippen molar-refractivity contribution >= 4 is 35.6 Å². The average molecular weight is 618 g/mol. The molecule has 15 heteroatoms. The molecule has 0 saturated heterocycles. The van der Waals surface area contributed by atoms with E-state index in [4.69, 9.17) is 15.6 Å². The van der Waals surface area contributed by atoms with E-state index in [1.807, 2.05) is 41.9 Å². The van der Waals surface area contributed by atoms with Gasteiger partial charge in [0.2, 0.25) is 23.6 Å². The van der Waals surface area contributed by atoms with E-state index in [0.717, 1.165) is 0 Å². The van der Waals surface area contributed by atoms with Crippen molar-refractivity contribution in [2.45, 2.75) is 97.2 Å². The largest absolute Gasteiger partial charge is 0.481 e. The van der Waals surface area contributed by atoms with Crippen molar-refractivity contribution in [2.24, 2.45) is 17.6 Å². The molecule has 0 rings (SSSR count). The van der Waals surface area contributed by atoms with Crippen molar-refractivity contribution in [2.75, 3.05) is 34.2 Å². The lowest BCUT2D eigenvalue weighted by Crippen LogP contribution is -2.59. The van der Waals surface area contributed by atoms with Gasteiger partial charge < -0.3 is 46.4 Å². The number of nitrogens with two attached hydrogens (primary N) is 1. The molecule has 4 amide bonds. The Bertz CT molecular complexity index is 967. The fourth-order valence-electron chi connectivity index (χ4n) is 3.99. The fourth-order valence-corrected chi connectivity index (χ4v) is 3.99. The summed E-state index contributed by atoms with van der Waals surface area (Å²) < 4.78 is 5.67. The van der Waals surface area contributed by atoms with Crippen LogP contribution in [0.5, 0.6) is 0 Å². The minimum Gasteiger partial charge on any atom is -0.481 e. The number of amides is 4. The Morgan fingerprint density at radius 3 is 1.93 bits per heavy atom. The molecule has 43 heavy (non-hydrogen) atoms. The normalized spacial score (nSPS) is 16.5. The lowest BCUT2D eigenvalue weighted by molar-refractivity contribution is -0.873. The number of hydrogen-bond donors (Lipinski definition) is 7. The van der Waals surface area contributed by atoms with E-state index in [1.165, 1.54) is 13.8 Å². The molecule has 0 aromatic carbocycles. The number of aliphatic hydroxyl groups excluding tert-OH is 1. The summed E-state index contributed by atoms with van der Waals surface area (Å²) in [5.41, 5.74) is 5.70. The van der Waals surface area contributed by atoms with Crippen LogP contribution in [0.3, 0.4) is 0 Å². The van der Waals surface area contributed by atoms with Gasteiger partial charge in [0, 0.05) is 0 Å². The molecule has 15 nitrogen and oxygen atoms in total. The molecule has 7 atom stereocenters. The second-order valence-corrected chi connectivity index (χ2v) is 12.5. The first-order valence-corrected chi connectivity index (χ1v) is 14.5. The molecule has 0 aliphatic heterocycles. The van der Waals surface area contributed by atoms with Gasteiger partial charge >= 0.3 is 11.9 Å². The first-order chi connectivity index (χ1) is 19.7. The summed E-state index contributed by atoms with van der Waals surface area (Å²) in [6.45, 7) is 9.73. The first kappa shape index (κ1) is 39.7. The monoisotopic (exact) mass is 617 g/mol. The molecule has 0 fully saturated rings. The van der Waals surface area contributed by atoms with Crippen molar-refractivity contribution < 1.29 is 48.2 Å². The zero-order valence-corrected chi connectivity index (χ0v) is 26.9. The highest BCUT2D eigenvalue weighted by Gasteiger charge is 2.32. The number of carbonyl (C=O) groups excluding carboxylic acids is 5. The van der Waals surface area contributed by atoms with Gasteiger partial charge in [-0.1, -0.05) is 34.1 Å². The average Bonchev–Trinajstić information content (AvgIpc) is 2.86. The van der Waals surface area contributed by atoms with Crippen LogP contribution in [0, 0.1) is 11.8 Å². The van der Waals surface area contributed by atoms with Crippen LogP contribution in [0.1, 0.15) is 60.8 Å². The highest BCUT2D eigenvalue weighted by atomic mass is 16.5. The maximum atomic E-state index is 13.2. The Labute approximate surface area is 254 Å². The third-order valence-electron chi connectivity index (χ3n) is 6.55. The van der Waals surface area contributed by atoms with Gasteiger partial charge in [-0.3, -0.25) is 24.0 Å². The minimum atomic E-state index is -1.24.